The number of nitrogens with zero attached hydrogens (tertiary/aromatic N) is 3. The molecule has 0 N–H and O–H groups in total. The van der Waals surface area contributed by atoms with Gasteiger partial charge in [0.25, 0.3) is 10.7 Å². The third-order valence-electron chi connectivity index (χ3n) is 4.23. The number of hydrogen-bond acceptors (Lipinski definition) is 7. The Bertz CT molecular complexity index is 982. The van der Waals surface area contributed by atoms with Crippen LogP contribution in [0.2, 0.25) is 0 Å². The maximum absolute atomic E-state index is 5.70. The predicted molar refractivity (Wildman–Crippen MR) is 108 cm³/mol. The molecule has 0 bridgehead atoms. The SMILES string of the molecule is COc1ccc(CN(C)Cn2nc(-c3ccc(OC)cc3OC)oc2=S)cc1. The number of aromatic nitrogens is 2. The number of methoxy groups -OCH3 is 3. The maximum atomic E-state index is 5.70. The van der Waals surface area contributed by atoms with E-state index in [1.54, 1.807) is 32.1 Å². The van der Waals surface area contributed by atoms with Crippen molar-refractivity contribution in [1.82, 2.24) is 14.7 Å². The second kappa shape index (κ2) is 8.90. The van der Waals surface area contributed by atoms with Gasteiger partial charge in [-0.3, -0.25) is 4.90 Å². The lowest BCUT2D eigenvalue weighted by molar-refractivity contribution is 0.240. The highest BCUT2D eigenvalue weighted by atomic mass is 32.1. The second-order valence-corrected chi connectivity index (χ2v) is 6.59. The van der Waals surface area contributed by atoms with E-state index in [9.17, 15) is 0 Å². The fourth-order valence-corrected chi connectivity index (χ4v) is 2.98. The summed E-state index contributed by atoms with van der Waals surface area (Å²) in [6.45, 7) is 1.23. The molecule has 0 aliphatic heterocycles. The van der Waals surface area contributed by atoms with E-state index in [0.717, 1.165) is 17.9 Å². The molecule has 0 atom stereocenters. The predicted octanol–water partition coefficient (Wildman–Crippen LogP) is 3.99. The first-order valence-corrected chi connectivity index (χ1v) is 9.06. The van der Waals surface area contributed by atoms with Crippen LogP contribution in [0, 0.1) is 4.84 Å². The average molecular weight is 401 g/mol. The largest absolute Gasteiger partial charge is 0.497 e. The monoisotopic (exact) mass is 401 g/mol. The third-order valence-corrected chi connectivity index (χ3v) is 4.53. The standard InChI is InChI=1S/C20H23N3O4S/c1-22(12-14-5-7-15(24-2)8-6-14)13-23-20(28)27-19(21-23)17-10-9-16(25-3)11-18(17)26-4/h5-11H,12-13H2,1-4H3. The molecule has 0 saturated carbocycles. The van der Waals surface area contributed by atoms with Crippen LogP contribution in [0.15, 0.2) is 46.9 Å². The second-order valence-electron chi connectivity index (χ2n) is 6.24. The van der Waals surface area contributed by atoms with Crippen LogP contribution in [0.3, 0.4) is 0 Å². The first kappa shape index (κ1) is 19.9. The lowest BCUT2D eigenvalue weighted by atomic mass is 10.2. The van der Waals surface area contributed by atoms with Crippen molar-refractivity contribution < 1.29 is 18.6 Å². The fourth-order valence-electron chi connectivity index (χ4n) is 2.80. The lowest BCUT2D eigenvalue weighted by Gasteiger charge is -2.16. The van der Waals surface area contributed by atoms with Gasteiger partial charge < -0.3 is 18.6 Å². The first-order valence-electron chi connectivity index (χ1n) is 8.66. The van der Waals surface area contributed by atoms with Gasteiger partial charge in [-0.1, -0.05) is 12.1 Å². The Labute approximate surface area is 169 Å². The molecule has 0 aliphatic carbocycles. The van der Waals surface area contributed by atoms with E-state index in [2.05, 4.69) is 10.00 Å². The number of rotatable bonds is 8. The van der Waals surface area contributed by atoms with Gasteiger partial charge in [-0.15, -0.1) is 5.10 Å². The molecular formula is C20H23N3O4S. The Balaban J connectivity index is 1.76. The zero-order valence-electron chi connectivity index (χ0n) is 16.3. The van der Waals surface area contributed by atoms with Gasteiger partial charge in [0, 0.05) is 12.6 Å². The lowest BCUT2D eigenvalue weighted by Crippen LogP contribution is -2.22. The number of hydrogen-bond donors (Lipinski definition) is 0. The highest BCUT2D eigenvalue weighted by Crippen LogP contribution is 2.32. The van der Waals surface area contributed by atoms with Crippen molar-refractivity contribution in [1.29, 1.82) is 0 Å². The molecule has 0 fully saturated rings. The van der Waals surface area contributed by atoms with Crippen molar-refractivity contribution in [3.63, 3.8) is 0 Å². The van der Waals surface area contributed by atoms with Crippen molar-refractivity contribution in [3.05, 3.63) is 52.9 Å². The summed E-state index contributed by atoms with van der Waals surface area (Å²) in [6, 6.07) is 13.4. The minimum atomic E-state index is 0.300. The van der Waals surface area contributed by atoms with Crippen LogP contribution >= 0.6 is 12.2 Å². The van der Waals surface area contributed by atoms with Gasteiger partial charge in [0.1, 0.15) is 17.2 Å². The topological polar surface area (TPSA) is 61.9 Å². The van der Waals surface area contributed by atoms with Gasteiger partial charge in [0.15, 0.2) is 0 Å². The minimum Gasteiger partial charge on any atom is -0.497 e. The Morgan fingerprint density at radius 1 is 1.00 bits per heavy atom. The van der Waals surface area contributed by atoms with Gasteiger partial charge in [0.05, 0.1) is 33.6 Å². The molecule has 7 nitrogen and oxygen atoms in total. The molecule has 0 saturated heterocycles. The fraction of sp³-hybridized carbons (Fsp3) is 0.300. The van der Waals surface area contributed by atoms with Gasteiger partial charge in [-0.2, -0.15) is 0 Å². The van der Waals surface area contributed by atoms with E-state index in [-0.39, 0.29) is 0 Å². The molecule has 0 amide bonds. The van der Waals surface area contributed by atoms with E-state index >= 15 is 0 Å². The summed E-state index contributed by atoms with van der Waals surface area (Å²) in [6.07, 6.45) is 0. The third kappa shape index (κ3) is 4.52. The van der Waals surface area contributed by atoms with Crippen LogP contribution in [0.4, 0.5) is 0 Å². The molecular weight excluding hydrogens is 378 g/mol. The summed E-state index contributed by atoms with van der Waals surface area (Å²) in [5, 5.41) is 4.52. The highest BCUT2D eigenvalue weighted by molar-refractivity contribution is 7.71. The molecule has 0 radical (unpaired) electrons. The van der Waals surface area contributed by atoms with Gasteiger partial charge in [0.2, 0.25) is 0 Å². The van der Waals surface area contributed by atoms with E-state index in [4.69, 9.17) is 30.8 Å². The van der Waals surface area contributed by atoms with Crippen molar-refractivity contribution in [2.75, 3.05) is 28.4 Å². The number of benzene rings is 2. The van der Waals surface area contributed by atoms with Gasteiger partial charge in [-0.05, 0) is 49.1 Å². The summed E-state index contributed by atoms with van der Waals surface area (Å²) in [5.74, 6) is 2.54. The molecule has 1 heterocycles. The molecule has 0 spiro atoms. The molecule has 3 aromatic rings. The van der Waals surface area contributed by atoms with Crippen molar-refractivity contribution in [2.45, 2.75) is 13.2 Å². The quantitative estimate of drug-likeness (QED) is 0.529. The van der Waals surface area contributed by atoms with Crippen LogP contribution in [0.25, 0.3) is 11.5 Å². The minimum absolute atomic E-state index is 0.300. The molecule has 2 aromatic carbocycles. The van der Waals surface area contributed by atoms with E-state index in [1.807, 2.05) is 43.4 Å². The summed E-state index contributed by atoms with van der Waals surface area (Å²) in [7, 11) is 6.84. The Kier molecular flexibility index (Phi) is 6.33. The van der Waals surface area contributed by atoms with Crippen LogP contribution < -0.4 is 14.2 Å². The van der Waals surface area contributed by atoms with Crippen LogP contribution in [-0.4, -0.2) is 43.1 Å². The first-order chi connectivity index (χ1) is 13.5. The molecule has 1 aromatic heterocycles. The van der Waals surface area contributed by atoms with Crippen molar-refractivity contribution in [3.8, 4) is 28.7 Å². The van der Waals surface area contributed by atoms with Crippen LogP contribution in [0.1, 0.15) is 5.56 Å². The zero-order chi connectivity index (χ0) is 20.1. The molecule has 28 heavy (non-hydrogen) atoms. The Hall–Kier alpha value is -2.84. The smallest absolute Gasteiger partial charge is 0.288 e. The molecule has 0 aliphatic rings. The highest BCUT2D eigenvalue weighted by Gasteiger charge is 2.15. The van der Waals surface area contributed by atoms with Gasteiger partial charge in [-0.25, -0.2) is 4.68 Å². The normalized spacial score (nSPS) is 10.9. The summed E-state index contributed by atoms with van der Waals surface area (Å²) in [5.41, 5.74) is 1.88. The molecule has 8 heteroatoms. The zero-order valence-corrected chi connectivity index (χ0v) is 17.2. The maximum Gasteiger partial charge on any atom is 0.288 e. The van der Waals surface area contributed by atoms with E-state index in [0.29, 0.717) is 34.5 Å². The van der Waals surface area contributed by atoms with Crippen molar-refractivity contribution >= 4 is 12.2 Å². The van der Waals surface area contributed by atoms with E-state index in [1.165, 1.54) is 0 Å². The van der Waals surface area contributed by atoms with Crippen molar-refractivity contribution in [2.24, 2.45) is 0 Å². The van der Waals surface area contributed by atoms with Gasteiger partial charge >= 0.3 is 0 Å². The van der Waals surface area contributed by atoms with Crippen LogP contribution in [0.5, 0.6) is 17.2 Å². The molecule has 3 rings (SSSR count). The molecule has 0 unspecified atom stereocenters. The summed E-state index contributed by atoms with van der Waals surface area (Å²) >= 11 is 5.34. The van der Waals surface area contributed by atoms with Crippen LogP contribution in [-0.2, 0) is 13.2 Å². The van der Waals surface area contributed by atoms with E-state index < -0.39 is 0 Å². The molecule has 148 valence electrons. The Morgan fingerprint density at radius 3 is 2.32 bits per heavy atom. The Morgan fingerprint density at radius 2 is 1.68 bits per heavy atom. The summed E-state index contributed by atoms with van der Waals surface area (Å²) in [4.78, 5) is 2.39. The summed E-state index contributed by atoms with van der Waals surface area (Å²) < 4.78 is 23.2. The number of ether oxygens (including phenoxy) is 3. The average Bonchev–Trinajstić information content (AvgIpc) is 3.07.